The van der Waals surface area contributed by atoms with Gasteiger partial charge in [0.05, 0.1) is 11.7 Å². The van der Waals surface area contributed by atoms with Crippen molar-refractivity contribution in [2.75, 3.05) is 26.2 Å². The van der Waals surface area contributed by atoms with E-state index in [4.69, 9.17) is 4.52 Å². The number of carbonyl (C=O) groups excluding carboxylic acids is 1. The van der Waals surface area contributed by atoms with Crippen molar-refractivity contribution >= 4 is 38.7 Å². The van der Waals surface area contributed by atoms with Gasteiger partial charge in [0.1, 0.15) is 21.6 Å². The number of piperidine rings is 2. The van der Waals surface area contributed by atoms with Gasteiger partial charge in [-0.1, -0.05) is 24.2 Å². The molecule has 0 radical (unpaired) electrons. The van der Waals surface area contributed by atoms with E-state index in [-0.39, 0.29) is 22.1 Å². The molecule has 3 aromatic heterocycles. The maximum absolute atomic E-state index is 13.3. The molecule has 0 spiro atoms. The number of hydrogen-bond acceptors (Lipinski definition) is 10. The van der Waals surface area contributed by atoms with E-state index >= 15 is 0 Å². The second-order valence-corrected chi connectivity index (χ2v) is 12.5. The topological polar surface area (TPSA) is 135 Å². The van der Waals surface area contributed by atoms with Crippen LogP contribution in [0.4, 0.5) is 0 Å². The predicted octanol–water partition coefficient (Wildman–Crippen LogP) is 3.12. The van der Waals surface area contributed by atoms with Crippen LogP contribution < -0.4 is 0 Å². The summed E-state index contributed by atoms with van der Waals surface area (Å²) in [5.41, 5.74) is 1.32. The summed E-state index contributed by atoms with van der Waals surface area (Å²) < 4.78 is 41.9. The van der Waals surface area contributed by atoms with Crippen molar-refractivity contribution in [2.24, 2.45) is 5.92 Å². The maximum atomic E-state index is 13.3. The molecule has 38 heavy (non-hydrogen) atoms. The van der Waals surface area contributed by atoms with Crippen molar-refractivity contribution < 1.29 is 17.7 Å². The summed E-state index contributed by atoms with van der Waals surface area (Å²) in [6.45, 7) is 3.90. The average Bonchev–Trinajstić information content (AvgIpc) is 3.64. The molecule has 0 saturated carbocycles. The van der Waals surface area contributed by atoms with Crippen molar-refractivity contribution in [3.05, 3.63) is 48.4 Å². The predicted molar refractivity (Wildman–Crippen MR) is 140 cm³/mol. The van der Waals surface area contributed by atoms with E-state index in [1.54, 1.807) is 24.4 Å². The summed E-state index contributed by atoms with van der Waals surface area (Å²) in [4.78, 5) is 24.3. The Labute approximate surface area is 224 Å². The highest BCUT2D eigenvalue weighted by Crippen LogP contribution is 2.36. The highest BCUT2D eigenvalue weighted by molar-refractivity contribution is 7.89. The number of fused-ring (bicyclic) bond motifs is 1. The van der Waals surface area contributed by atoms with Gasteiger partial charge in [0.2, 0.25) is 15.9 Å². The fraction of sp³-hybridized carbons (Fsp3) is 0.440. The third-order valence-corrected chi connectivity index (χ3v) is 10.2. The molecule has 2 aliphatic rings. The summed E-state index contributed by atoms with van der Waals surface area (Å²) in [7, 11) is -3.71. The Balaban J connectivity index is 1.07. The number of carbonyl (C=O) groups is 1. The van der Waals surface area contributed by atoms with E-state index in [9.17, 15) is 13.2 Å². The van der Waals surface area contributed by atoms with E-state index in [0.29, 0.717) is 67.5 Å². The van der Waals surface area contributed by atoms with Crippen LogP contribution in [0.15, 0.2) is 52.0 Å². The van der Waals surface area contributed by atoms with Crippen LogP contribution in [0.1, 0.15) is 38.4 Å². The van der Waals surface area contributed by atoms with Crippen LogP contribution in [-0.2, 0) is 20.2 Å². The van der Waals surface area contributed by atoms with Crippen LogP contribution in [0.2, 0.25) is 0 Å². The van der Waals surface area contributed by atoms with Gasteiger partial charge < -0.3 is 9.42 Å². The number of aromatic nitrogens is 5. The molecule has 2 saturated heterocycles. The SMILES string of the molecule is CC1(c2noc(-c3ccccn3)n2)CCN(C(=O)C2CCN(S(=O)(=O)c3cccc4nsnc34)CC2)CC1. The molecule has 11 nitrogen and oxygen atoms in total. The number of rotatable bonds is 5. The fourth-order valence-electron chi connectivity index (χ4n) is 5.24. The van der Waals surface area contributed by atoms with Crippen LogP contribution in [-0.4, -0.2) is 73.6 Å². The molecule has 0 N–H and O–H groups in total. The molecular formula is C25H27N7O4S2. The average molecular weight is 554 g/mol. The van der Waals surface area contributed by atoms with Gasteiger partial charge in [-0.25, -0.2) is 8.42 Å². The lowest BCUT2D eigenvalue weighted by molar-refractivity contribution is -0.138. The van der Waals surface area contributed by atoms with Gasteiger partial charge >= 0.3 is 0 Å². The molecule has 2 fully saturated rings. The van der Waals surface area contributed by atoms with Gasteiger partial charge in [0.25, 0.3) is 5.89 Å². The summed E-state index contributed by atoms with van der Waals surface area (Å²) in [6.07, 6.45) is 4.12. The normalized spacial score (nSPS) is 19.1. The number of amides is 1. The van der Waals surface area contributed by atoms with Crippen LogP contribution in [0.3, 0.4) is 0 Å². The monoisotopic (exact) mass is 553 g/mol. The van der Waals surface area contributed by atoms with Gasteiger partial charge in [-0.05, 0) is 49.9 Å². The summed E-state index contributed by atoms with van der Waals surface area (Å²) >= 11 is 0.999. The Morgan fingerprint density at radius 3 is 2.58 bits per heavy atom. The van der Waals surface area contributed by atoms with Gasteiger partial charge in [-0.2, -0.15) is 18.0 Å². The Morgan fingerprint density at radius 1 is 1.05 bits per heavy atom. The smallest absolute Gasteiger partial charge is 0.276 e. The number of sulfonamides is 1. The number of nitrogens with zero attached hydrogens (tertiary/aromatic N) is 7. The zero-order valence-corrected chi connectivity index (χ0v) is 22.5. The molecule has 0 atom stereocenters. The molecule has 0 unspecified atom stereocenters. The molecule has 4 aromatic rings. The van der Waals surface area contributed by atoms with Crippen LogP contribution in [0.5, 0.6) is 0 Å². The summed E-state index contributed by atoms with van der Waals surface area (Å²) in [6, 6.07) is 10.5. The minimum absolute atomic E-state index is 0.0946. The van der Waals surface area contributed by atoms with Crippen molar-refractivity contribution in [3.63, 3.8) is 0 Å². The van der Waals surface area contributed by atoms with Crippen LogP contribution in [0.25, 0.3) is 22.6 Å². The number of likely N-dealkylation sites (tertiary alicyclic amines) is 1. The Morgan fingerprint density at radius 2 is 1.84 bits per heavy atom. The van der Waals surface area contributed by atoms with Crippen LogP contribution >= 0.6 is 11.7 Å². The third kappa shape index (κ3) is 4.48. The molecule has 1 aromatic carbocycles. The van der Waals surface area contributed by atoms with Gasteiger partial charge in [-0.15, -0.1) is 0 Å². The summed E-state index contributed by atoms with van der Waals surface area (Å²) in [5, 5.41) is 4.22. The van der Waals surface area contributed by atoms with E-state index in [2.05, 4.69) is 30.8 Å². The van der Waals surface area contributed by atoms with Crippen LogP contribution in [0, 0.1) is 5.92 Å². The molecule has 6 rings (SSSR count). The molecular weight excluding hydrogens is 526 g/mol. The minimum Gasteiger partial charge on any atom is -0.342 e. The Hall–Kier alpha value is -3.29. The first-order chi connectivity index (χ1) is 18.3. The Kier molecular flexibility index (Phi) is 6.44. The lowest BCUT2D eigenvalue weighted by Gasteiger charge is -2.40. The quantitative estimate of drug-likeness (QED) is 0.365. The molecule has 0 bridgehead atoms. The molecule has 5 heterocycles. The number of pyridine rings is 1. The van der Waals surface area contributed by atoms with Gasteiger partial charge in [0.15, 0.2) is 5.82 Å². The van der Waals surface area contributed by atoms with E-state index < -0.39 is 10.0 Å². The second-order valence-electron chi connectivity index (χ2n) is 10.1. The fourth-order valence-corrected chi connectivity index (χ4v) is 7.46. The molecule has 198 valence electrons. The van der Waals surface area contributed by atoms with E-state index in [0.717, 1.165) is 24.6 Å². The van der Waals surface area contributed by atoms with Crippen molar-refractivity contribution in [1.82, 2.24) is 33.1 Å². The van der Waals surface area contributed by atoms with Crippen molar-refractivity contribution in [1.29, 1.82) is 0 Å². The van der Waals surface area contributed by atoms with Crippen molar-refractivity contribution in [2.45, 2.75) is 42.9 Å². The largest absolute Gasteiger partial charge is 0.342 e. The number of hydrogen-bond donors (Lipinski definition) is 0. The first-order valence-electron chi connectivity index (χ1n) is 12.6. The maximum Gasteiger partial charge on any atom is 0.276 e. The van der Waals surface area contributed by atoms with Gasteiger partial charge in [-0.3, -0.25) is 9.78 Å². The minimum atomic E-state index is -3.71. The zero-order valence-electron chi connectivity index (χ0n) is 20.9. The molecule has 0 aliphatic carbocycles. The number of benzene rings is 1. The van der Waals surface area contributed by atoms with Gasteiger partial charge in [0, 0.05) is 43.7 Å². The summed E-state index contributed by atoms with van der Waals surface area (Å²) in [5.74, 6) is 0.930. The molecule has 1 amide bonds. The first kappa shape index (κ1) is 25.0. The standard InChI is InChI=1S/C25H27N7O4S2/c1-25(24-27-22(36-28-24)19-5-2-3-12-26-19)10-15-31(16-11-25)23(33)17-8-13-32(14-9-17)38(34,35)20-7-4-6-18-21(20)30-37-29-18/h2-7,12,17H,8-11,13-16H2,1H3. The lowest BCUT2D eigenvalue weighted by atomic mass is 9.79. The van der Waals surface area contributed by atoms with E-state index in [1.165, 1.54) is 4.31 Å². The van der Waals surface area contributed by atoms with Crippen molar-refractivity contribution in [3.8, 4) is 11.6 Å². The second kappa shape index (κ2) is 9.79. The third-order valence-electron chi connectivity index (χ3n) is 7.70. The highest BCUT2D eigenvalue weighted by Gasteiger charge is 2.40. The molecule has 2 aliphatic heterocycles. The highest BCUT2D eigenvalue weighted by atomic mass is 32.2. The van der Waals surface area contributed by atoms with E-state index in [1.807, 2.05) is 23.1 Å². The zero-order chi connectivity index (χ0) is 26.3. The lowest BCUT2D eigenvalue weighted by Crippen LogP contribution is -2.49. The molecule has 13 heteroatoms. The first-order valence-corrected chi connectivity index (χ1v) is 14.8. The Bertz CT molecular complexity index is 1550.